The van der Waals surface area contributed by atoms with E-state index in [0.717, 1.165) is 10.9 Å². The summed E-state index contributed by atoms with van der Waals surface area (Å²) in [5.74, 6) is -1.10. The monoisotopic (exact) mass is 331 g/mol. The van der Waals surface area contributed by atoms with Gasteiger partial charge >= 0.3 is 5.97 Å². The molecule has 0 bridgehead atoms. The van der Waals surface area contributed by atoms with Crippen LogP contribution in [-0.2, 0) is 20.9 Å². The van der Waals surface area contributed by atoms with Gasteiger partial charge in [-0.05, 0) is 37.6 Å². The van der Waals surface area contributed by atoms with Gasteiger partial charge in [0.15, 0.2) is 0 Å². The number of fused-ring (bicyclic) bond motifs is 1. The zero-order valence-corrected chi connectivity index (χ0v) is 13.5. The highest BCUT2D eigenvalue weighted by Crippen LogP contribution is 2.20. The minimum Gasteiger partial charge on any atom is -0.480 e. The van der Waals surface area contributed by atoms with E-state index in [-0.39, 0.29) is 24.8 Å². The lowest BCUT2D eigenvalue weighted by molar-refractivity contribution is -0.137. The number of aliphatic carboxylic acids is 1. The lowest BCUT2D eigenvalue weighted by Gasteiger charge is -2.07. The number of anilines is 1. The quantitative estimate of drug-likeness (QED) is 0.688. The Labute approximate surface area is 139 Å². The summed E-state index contributed by atoms with van der Waals surface area (Å²) < 4.78 is 1.63. The summed E-state index contributed by atoms with van der Waals surface area (Å²) >= 11 is 0. The van der Waals surface area contributed by atoms with E-state index in [4.69, 9.17) is 5.11 Å². The van der Waals surface area contributed by atoms with Crippen molar-refractivity contribution in [3.05, 3.63) is 30.5 Å². The Morgan fingerprint density at radius 2 is 1.88 bits per heavy atom. The maximum atomic E-state index is 11.9. The van der Waals surface area contributed by atoms with Gasteiger partial charge in [-0.25, -0.2) is 0 Å². The van der Waals surface area contributed by atoms with Crippen LogP contribution >= 0.6 is 0 Å². The molecule has 0 unspecified atom stereocenters. The second-order valence-electron chi connectivity index (χ2n) is 5.47. The lowest BCUT2D eigenvalue weighted by Crippen LogP contribution is -2.22. The summed E-state index contributed by atoms with van der Waals surface area (Å²) in [4.78, 5) is 34.0. The number of rotatable bonds is 8. The van der Waals surface area contributed by atoms with E-state index < -0.39 is 5.97 Å². The highest BCUT2D eigenvalue weighted by atomic mass is 16.4. The number of carbonyl (C=O) groups is 3. The van der Waals surface area contributed by atoms with Gasteiger partial charge < -0.3 is 20.3 Å². The summed E-state index contributed by atoms with van der Waals surface area (Å²) in [7, 11) is 0. The first-order chi connectivity index (χ1) is 11.5. The fraction of sp³-hybridized carbons (Fsp3) is 0.353. The predicted octanol–water partition coefficient (Wildman–Crippen LogP) is 1.97. The Hall–Kier alpha value is -2.83. The third-order valence-corrected chi connectivity index (χ3v) is 3.54. The van der Waals surface area contributed by atoms with Crippen molar-refractivity contribution in [1.29, 1.82) is 0 Å². The molecule has 128 valence electrons. The highest BCUT2D eigenvalue weighted by Gasteiger charge is 2.08. The molecule has 0 fully saturated rings. The molecular weight excluding hydrogens is 310 g/mol. The molecule has 2 aromatic rings. The lowest BCUT2D eigenvalue weighted by atomic mass is 10.2. The Kier molecular flexibility index (Phi) is 5.95. The van der Waals surface area contributed by atoms with Crippen LogP contribution in [0.15, 0.2) is 30.5 Å². The molecule has 24 heavy (non-hydrogen) atoms. The maximum absolute atomic E-state index is 11.9. The molecule has 0 saturated heterocycles. The first kappa shape index (κ1) is 17.5. The molecule has 7 nitrogen and oxygen atoms in total. The summed E-state index contributed by atoms with van der Waals surface area (Å²) in [6.07, 6.45) is 2.80. The molecule has 0 saturated carbocycles. The van der Waals surface area contributed by atoms with Gasteiger partial charge in [-0.3, -0.25) is 14.4 Å². The normalized spacial score (nSPS) is 10.5. The third kappa shape index (κ3) is 4.84. The van der Waals surface area contributed by atoms with Crippen LogP contribution in [0.1, 0.15) is 26.2 Å². The van der Waals surface area contributed by atoms with Gasteiger partial charge in [0.1, 0.15) is 6.54 Å². The first-order valence-corrected chi connectivity index (χ1v) is 7.87. The van der Waals surface area contributed by atoms with Crippen molar-refractivity contribution in [2.75, 3.05) is 11.9 Å². The van der Waals surface area contributed by atoms with Gasteiger partial charge in [-0.1, -0.05) is 0 Å². The van der Waals surface area contributed by atoms with Gasteiger partial charge in [0, 0.05) is 42.2 Å². The number of benzene rings is 1. The van der Waals surface area contributed by atoms with Crippen LogP contribution in [0.3, 0.4) is 0 Å². The molecule has 0 aliphatic carbocycles. The van der Waals surface area contributed by atoms with E-state index in [1.807, 2.05) is 13.0 Å². The summed E-state index contributed by atoms with van der Waals surface area (Å²) in [6, 6.07) is 7.13. The molecule has 2 amide bonds. The molecule has 3 N–H and O–H groups in total. The number of aromatic nitrogens is 1. The van der Waals surface area contributed by atoms with Crippen LogP contribution in [0.25, 0.3) is 10.9 Å². The van der Waals surface area contributed by atoms with Crippen LogP contribution in [0.2, 0.25) is 0 Å². The van der Waals surface area contributed by atoms with Gasteiger partial charge in [-0.2, -0.15) is 0 Å². The number of hydrogen-bond donors (Lipinski definition) is 3. The topological polar surface area (TPSA) is 100 Å². The SMILES string of the molecule is CCNC(=O)CCCC(=O)Nc1ccc2c(ccn2CC(=O)O)c1. The third-order valence-electron chi connectivity index (χ3n) is 3.54. The number of nitrogens with one attached hydrogen (secondary N) is 2. The predicted molar refractivity (Wildman–Crippen MR) is 90.7 cm³/mol. The molecular formula is C17H21N3O4. The van der Waals surface area contributed by atoms with Crippen molar-refractivity contribution < 1.29 is 19.5 Å². The smallest absolute Gasteiger partial charge is 0.323 e. The molecule has 1 heterocycles. The second kappa shape index (κ2) is 8.14. The molecule has 0 spiro atoms. The van der Waals surface area contributed by atoms with Gasteiger partial charge in [0.05, 0.1) is 0 Å². The largest absolute Gasteiger partial charge is 0.480 e. The van der Waals surface area contributed by atoms with Crippen LogP contribution in [0, 0.1) is 0 Å². The Bertz CT molecular complexity index is 751. The molecule has 2 rings (SSSR count). The van der Waals surface area contributed by atoms with Crippen LogP contribution in [0.4, 0.5) is 5.69 Å². The molecule has 1 aromatic heterocycles. The van der Waals surface area contributed by atoms with Crippen LogP contribution in [0.5, 0.6) is 0 Å². The minimum absolute atomic E-state index is 0.0495. The number of carboxylic acids is 1. The van der Waals surface area contributed by atoms with E-state index in [9.17, 15) is 14.4 Å². The summed E-state index contributed by atoms with van der Waals surface area (Å²) in [5.41, 5.74) is 1.45. The van der Waals surface area contributed by atoms with Crippen molar-refractivity contribution in [2.24, 2.45) is 0 Å². The Balaban J connectivity index is 1.91. The van der Waals surface area contributed by atoms with Gasteiger partial charge in [0.25, 0.3) is 0 Å². The van der Waals surface area contributed by atoms with E-state index in [1.165, 1.54) is 0 Å². The fourth-order valence-corrected chi connectivity index (χ4v) is 2.48. The number of carbonyl (C=O) groups excluding carboxylic acids is 2. The molecule has 1 aromatic carbocycles. The van der Waals surface area contributed by atoms with Gasteiger partial charge in [0.2, 0.25) is 11.8 Å². The molecule has 0 atom stereocenters. The first-order valence-electron chi connectivity index (χ1n) is 7.87. The van der Waals surface area contributed by atoms with Crippen molar-refractivity contribution in [3.63, 3.8) is 0 Å². The molecule has 0 aliphatic rings. The zero-order valence-electron chi connectivity index (χ0n) is 13.5. The Morgan fingerprint density at radius 1 is 1.12 bits per heavy atom. The van der Waals surface area contributed by atoms with E-state index in [0.29, 0.717) is 25.1 Å². The molecule has 0 radical (unpaired) electrons. The summed E-state index contributed by atoms with van der Waals surface area (Å²) in [6.45, 7) is 2.34. The maximum Gasteiger partial charge on any atom is 0.323 e. The van der Waals surface area contributed by atoms with Crippen LogP contribution < -0.4 is 10.6 Å². The minimum atomic E-state index is -0.906. The van der Waals surface area contributed by atoms with Gasteiger partial charge in [-0.15, -0.1) is 0 Å². The van der Waals surface area contributed by atoms with E-state index >= 15 is 0 Å². The van der Waals surface area contributed by atoms with Crippen molar-refractivity contribution in [2.45, 2.75) is 32.7 Å². The number of amides is 2. The fourth-order valence-electron chi connectivity index (χ4n) is 2.48. The average molecular weight is 331 g/mol. The molecule has 7 heteroatoms. The van der Waals surface area contributed by atoms with E-state index in [2.05, 4.69) is 10.6 Å². The Morgan fingerprint density at radius 3 is 2.58 bits per heavy atom. The van der Waals surface area contributed by atoms with Crippen molar-refractivity contribution in [1.82, 2.24) is 9.88 Å². The highest BCUT2D eigenvalue weighted by molar-refractivity contribution is 5.94. The number of hydrogen-bond acceptors (Lipinski definition) is 3. The number of nitrogens with zero attached hydrogens (tertiary/aromatic N) is 1. The standard InChI is InChI=1S/C17H21N3O4/c1-2-18-15(21)4-3-5-16(22)19-13-6-7-14-12(10-13)8-9-20(14)11-17(23)24/h6-10H,2-5,11H2,1H3,(H,18,21)(H,19,22)(H,23,24). The van der Waals surface area contributed by atoms with Crippen LogP contribution in [-0.4, -0.2) is 34.0 Å². The number of carboxylic acid groups (broad SMARTS) is 1. The summed E-state index contributed by atoms with van der Waals surface area (Å²) in [5, 5.41) is 15.2. The van der Waals surface area contributed by atoms with Crippen molar-refractivity contribution in [3.8, 4) is 0 Å². The van der Waals surface area contributed by atoms with Crippen molar-refractivity contribution >= 4 is 34.4 Å². The second-order valence-corrected chi connectivity index (χ2v) is 5.47. The average Bonchev–Trinajstić information content (AvgIpc) is 2.89. The van der Waals surface area contributed by atoms with E-state index in [1.54, 1.807) is 29.0 Å². The molecule has 0 aliphatic heterocycles. The zero-order chi connectivity index (χ0) is 17.5.